The molecule has 0 radical (unpaired) electrons. The van der Waals surface area contributed by atoms with E-state index in [4.69, 9.17) is 0 Å². The van der Waals surface area contributed by atoms with Gasteiger partial charge in [0.2, 0.25) is 0 Å². The van der Waals surface area contributed by atoms with Crippen molar-refractivity contribution >= 4 is 45.7 Å². The number of hydrogen-bond donors (Lipinski definition) is 1. The smallest absolute Gasteiger partial charge is 0.270 e. The number of benzene rings is 1. The van der Waals surface area contributed by atoms with E-state index < -0.39 is 0 Å². The van der Waals surface area contributed by atoms with Gasteiger partial charge in [0.05, 0.1) is 4.92 Å². The van der Waals surface area contributed by atoms with Crippen molar-refractivity contribution in [2.24, 2.45) is 5.92 Å². The Morgan fingerprint density at radius 1 is 1.59 bits per heavy atom. The maximum atomic E-state index is 10.6. The molecule has 0 aliphatic heterocycles. The summed E-state index contributed by atoms with van der Waals surface area (Å²) in [4.78, 5) is 10.2. The van der Waals surface area contributed by atoms with Crippen LogP contribution in [0.3, 0.4) is 0 Å². The molecule has 6 heteroatoms. The summed E-state index contributed by atoms with van der Waals surface area (Å²) in [7, 11) is 0. The summed E-state index contributed by atoms with van der Waals surface area (Å²) in [5, 5.41) is 13.9. The van der Waals surface area contributed by atoms with Gasteiger partial charge in [0.25, 0.3) is 5.69 Å². The normalized spacial score (nSPS) is 12.2. The minimum absolute atomic E-state index is 0.136. The largest absolute Gasteiger partial charge is 0.384 e. The van der Waals surface area contributed by atoms with E-state index in [2.05, 4.69) is 41.1 Å². The summed E-state index contributed by atoms with van der Waals surface area (Å²) in [5.41, 5.74) is 1.10. The Labute approximate surface area is 119 Å². The number of rotatable bonds is 6. The molecule has 0 amide bonds. The maximum Gasteiger partial charge on any atom is 0.270 e. The van der Waals surface area contributed by atoms with Gasteiger partial charge in [-0.3, -0.25) is 10.1 Å². The van der Waals surface area contributed by atoms with Gasteiger partial charge in [0.15, 0.2) is 0 Å². The highest BCUT2D eigenvalue weighted by molar-refractivity contribution is 14.1. The first-order valence-electron chi connectivity index (χ1n) is 5.21. The highest BCUT2D eigenvalue weighted by Crippen LogP contribution is 2.23. The molecule has 0 aliphatic rings. The fourth-order valence-electron chi connectivity index (χ4n) is 1.39. The van der Waals surface area contributed by atoms with Gasteiger partial charge in [-0.1, -0.05) is 6.92 Å². The second kappa shape index (κ2) is 7.05. The highest BCUT2D eigenvalue weighted by Gasteiger charge is 2.09. The van der Waals surface area contributed by atoms with Crippen molar-refractivity contribution in [2.45, 2.75) is 6.92 Å². The number of hydrogen-bond acceptors (Lipinski definition) is 4. The zero-order valence-corrected chi connectivity index (χ0v) is 12.7. The van der Waals surface area contributed by atoms with Crippen LogP contribution in [0, 0.1) is 19.6 Å². The third-order valence-electron chi connectivity index (χ3n) is 2.26. The number of nitro benzene ring substituents is 1. The molecule has 0 heterocycles. The van der Waals surface area contributed by atoms with Crippen molar-refractivity contribution in [3.63, 3.8) is 0 Å². The predicted molar refractivity (Wildman–Crippen MR) is 81.8 cm³/mol. The number of thioether (sulfide) groups is 1. The first-order chi connectivity index (χ1) is 8.04. The molecule has 1 atom stereocenters. The van der Waals surface area contributed by atoms with Crippen molar-refractivity contribution in [1.82, 2.24) is 0 Å². The lowest BCUT2D eigenvalue weighted by molar-refractivity contribution is -0.384. The second-order valence-electron chi connectivity index (χ2n) is 3.86. The van der Waals surface area contributed by atoms with Crippen LogP contribution in [0.5, 0.6) is 0 Å². The lowest BCUT2D eigenvalue weighted by Crippen LogP contribution is -2.13. The summed E-state index contributed by atoms with van der Waals surface area (Å²) in [6, 6.07) is 4.89. The molecule has 1 aromatic rings. The Bertz CT molecular complexity index is 401. The van der Waals surface area contributed by atoms with E-state index in [-0.39, 0.29) is 10.6 Å². The molecule has 17 heavy (non-hydrogen) atoms. The molecule has 0 saturated heterocycles. The number of nitrogens with zero attached hydrogens (tertiary/aromatic N) is 1. The van der Waals surface area contributed by atoms with Crippen LogP contribution < -0.4 is 5.32 Å². The summed E-state index contributed by atoms with van der Waals surface area (Å²) in [6.07, 6.45) is 2.09. The monoisotopic (exact) mass is 366 g/mol. The van der Waals surface area contributed by atoms with Crippen LogP contribution in [0.4, 0.5) is 11.4 Å². The second-order valence-corrected chi connectivity index (χ2v) is 5.94. The number of nitrogens with one attached hydrogen (secondary N) is 1. The van der Waals surface area contributed by atoms with Gasteiger partial charge in [-0.15, -0.1) is 0 Å². The van der Waals surface area contributed by atoms with E-state index in [9.17, 15) is 10.1 Å². The Balaban J connectivity index is 2.63. The molecular weight excluding hydrogens is 351 g/mol. The van der Waals surface area contributed by atoms with Crippen LogP contribution in [-0.2, 0) is 0 Å². The van der Waals surface area contributed by atoms with Crippen LogP contribution in [0.1, 0.15) is 6.92 Å². The maximum absolute atomic E-state index is 10.6. The van der Waals surface area contributed by atoms with Crippen molar-refractivity contribution < 1.29 is 4.92 Å². The molecule has 1 N–H and O–H groups in total. The van der Waals surface area contributed by atoms with Crippen molar-refractivity contribution in [3.8, 4) is 0 Å². The Kier molecular flexibility index (Phi) is 6.04. The van der Waals surface area contributed by atoms with Gasteiger partial charge >= 0.3 is 0 Å². The average Bonchev–Trinajstić information content (AvgIpc) is 2.27. The molecule has 1 aromatic carbocycles. The minimum Gasteiger partial charge on any atom is -0.384 e. The first kappa shape index (κ1) is 14.6. The molecule has 0 bridgehead atoms. The van der Waals surface area contributed by atoms with Gasteiger partial charge in [-0.05, 0) is 46.6 Å². The molecule has 94 valence electrons. The Morgan fingerprint density at radius 3 is 2.82 bits per heavy atom. The summed E-state index contributed by atoms with van der Waals surface area (Å²) in [6.45, 7) is 3.07. The number of anilines is 1. The molecule has 0 saturated carbocycles. The zero-order chi connectivity index (χ0) is 12.8. The minimum atomic E-state index is -0.373. The number of nitro groups is 1. The van der Waals surface area contributed by atoms with Gasteiger partial charge in [0, 0.05) is 27.9 Å². The van der Waals surface area contributed by atoms with Gasteiger partial charge in [-0.25, -0.2) is 0 Å². The standard InChI is InChI=1S/C11H15IN2O2S/c1-8(7-17-2)6-13-11-4-3-9(14(15)16)5-10(11)12/h3-5,8,13H,6-7H2,1-2H3. The molecule has 0 spiro atoms. The molecule has 4 nitrogen and oxygen atoms in total. The molecule has 1 unspecified atom stereocenters. The van der Waals surface area contributed by atoms with Crippen molar-refractivity contribution in [2.75, 3.05) is 23.9 Å². The van der Waals surface area contributed by atoms with Gasteiger partial charge < -0.3 is 5.32 Å². The van der Waals surface area contributed by atoms with Crippen LogP contribution in [0.25, 0.3) is 0 Å². The van der Waals surface area contributed by atoms with Gasteiger partial charge in [0.1, 0.15) is 0 Å². The quantitative estimate of drug-likeness (QED) is 0.475. The van der Waals surface area contributed by atoms with E-state index in [1.807, 2.05) is 11.8 Å². The van der Waals surface area contributed by atoms with Gasteiger partial charge in [-0.2, -0.15) is 11.8 Å². The zero-order valence-electron chi connectivity index (χ0n) is 9.77. The molecule has 0 aromatic heterocycles. The summed E-state index contributed by atoms with van der Waals surface area (Å²) >= 11 is 3.94. The lowest BCUT2D eigenvalue weighted by Gasteiger charge is -2.13. The predicted octanol–water partition coefficient (Wildman–Crippen LogP) is 3.61. The number of non-ortho nitro benzene ring substituents is 1. The lowest BCUT2D eigenvalue weighted by atomic mass is 10.2. The first-order valence-corrected chi connectivity index (χ1v) is 7.68. The Morgan fingerprint density at radius 2 is 2.29 bits per heavy atom. The third-order valence-corrected chi connectivity index (χ3v) is 4.05. The molecule has 0 fully saturated rings. The fourth-order valence-corrected chi connectivity index (χ4v) is 2.77. The van der Waals surface area contributed by atoms with Crippen LogP contribution >= 0.6 is 34.4 Å². The average molecular weight is 366 g/mol. The topological polar surface area (TPSA) is 55.2 Å². The van der Waals surface area contributed by atoms with Crippen LogP contribution in [-0.4, -0.2) is 23.5 Å². The SMILES string of the molecule is CSCC(C)CNc1ccc([N+](=O)[O-])cc1I. The van der Waals surface area contributed by atoms with E-state index >= 15 is 0 Å². The Hall–Kier alpha value is -0.500. The van der Waals surface area contributed by atoms with Crippen LogP contribution in [0.15, 0.2) is 18.2 Å². The van der Waals surface area contributed by atoms with E-state index in [1.54, 1.807) is 12.1 Å². The third kappa shape index (κ3) is 4.71. The molecular formula is C11H15IN2O2S. The van der Waals surface area contributed by atoms with E-state index in [0.717, 1.165) is 21.6 Å². The molecule has 1 rings (SSSR count). The summed E-state index contributed by atoms with van der Waals surface area (Å²) < 4.78 is 0.883. The summed E-state index contributed by atoms with van der Waals surface area (Å²) in [5.74, 6) is 1.69. The van der Waals surface area contributed by atoms with Crippen molar-refractivity contribution in [1.29, 1.82) is 0 Å². The van der Waals surface area contributed by atoms with Crippen LogP contribution in [0.2, 0.25) is 0 Å². The van der Waals surface area contributed by atoms with E-state index in [0.29, 0.717) is 5.92 Å². The van der Waals surface area contributed by atoms with Crippen molar-refractivity contribution in [3.05, 3.63) is 31.9 Å². The molecule has 0 aliphatic carbocycles. The number of halogens is 1. The fraction of sp³-hybridized carbons (Fsp3) is 0.455. The van der Waals surface area contributed by atoms with E-state index in [1.165, 1.54) is 6.07 Å². The highest BCUT2D eigenvalue weighted by atomic mass is 127.